The first kappa shape index (κ1) is 19.1. The number of rotatable bonds is 4. The molecule has 2 aromatic heterocycles. The Morgan fingerprint density at radius 2 is 1.76 bits per heavy atom. The van der Waals surface area contributed by atoms with Crippen LogP contribution in [0.1, 0.15) is 17.3 Å². The third-order valence-electron chi connectivity index (χ3n) is 4.25. The van der Waals surface area contributed by atoms with Crippen molar-refractivity contribution in [3.8, 4) is 11.3 Å². The summed E-state index contributed by atoms with van der Waals surface area (Å²) in [5.41, 5.74) is 3.43. The highest BCUT2D eigenvalue weighted by atomic mass is 32.1. The molecule has 0 N–H and O–H groups in total. The maximum atomic E-state index is 12.7. The molecule has 29 heavy (non-hydrogen) atoms. The number of thiazole rings is 1. The zero-order chi connectivity index (χ0) is 20.4. The fraction of sp³-hybridized carbons (Fsp3) is 0.150. The monoisotopic (exact) mass is 416 g/mol. The van der Waals surface area contributed by atoms with E-state index in [-0.39, 0.29) is 12.3 Å². The molecule has 2 aromatic carbocycles. The molecule has 0 atom stereocenters. The van der Waals surface area contributed by atoms with Crippen LogP contribution in [0.2, 0.25) is 0 Å². The van der Waals surface area contributed by atoms with E-state index in [9.17, 15) is 13.2 Å². The van der Waals surface area contributed by atoms with Crippen LogP contribution in [0.4, 0.5) is 18.9 Å². The third-order valence-corrected chi connectivity index (χ3v) is 5.17. The molecule has 0 saturated heterocycles. The fourth-order valence-electron chi connectivity index (χ4n) is 2.82. The molecule has 0 bridgehead atoms. The Morgan fingerprint density at radius 3 is 2.48 bits per heavy atom. The van der Waals surface area contributed by atoms with Gasteiger partial charge in [0.1, 0.15) is 0 Å². The van der Waals surface area contributed by atoms with Gasteiger partial charge in [-0.3, -0.25) is 0 Å². The molecule has 4 aromatic rings. The minimum atomic E-state index is -4.66. The molecule has 148 valence electrons. The van der Waals surface area contributed by atoms with Gasteiger partial charge in [0, 0.05) is 12.4 Å². The van der Waals surface area contributed by atoms with Gasteiger partial charge in [0.2, 0.25) is 5.89 Å². The Kier molecular flexibility index (Phi) is 5.06. The molecule has 0 radical (unpaired) electrons. The number of benzene rings is 2. The van der Waals surface area contributed by atoms with Gasteiger partial charge in [-0.05, 0) is 17.2 Å². The van der Waals surface area contributed by atoms with Crippen LogP contribution in [0.15, 0.2) is 69.4 Å². The van der Waals surface area contributed by atoms with Gasteiger partial charge in [-0.15, -0.1) is 21.5 Å². The number of para-hydroxylation sites is 1. The number of hydrogen-bond acceptors (Lipinski definition) is 5. The van der Waals surface area contributed by atoms with E-state index in [0.717, 1.165) is 16.1 Å². The third kappa shape index (κ3) is 4.14. The molecule has 9 heteroatoms. The van der Waals surface area contributed by atoms with Crippen molar-refractivity contribution in [3.63, 3.8) is 0 Å². The predicted octanol–water partition coefficient (Wildman–Crippen LogP) is 4.98. The molecule has 0 amide bonds. The summed E-state index contributed by atoms with van der Waals surface area (Å²) in [5, 5.41) is 8.60. The van der Waals surface area contributed by atoms with Crippen molar-refractivity contribution in [1.29, 1.82) is 0 Å². The van der Waals surface area contributed by atoms with Gasteiger partial charge in [0.05, 0.1) is 17.8 Å². The smallest absolute Gasteiger partial charge is 0.417 e. The molecular formula is C20H15F3N4OS. The zero-order valence-corrected chi connectivity index (χ0v) is 16.0. The molecule has 5 nitrogen and oxygen atoms in total. The molecule has 4 rings (SSSR count). The van der Waals surface area contributed by atoms with Crippen molar-refractivity contribution in [2.24, 2.45) is 12.0 Å². The van der Waals surface area contributed by atoms with Crippen LogP contribution >= 0.6 is 11.3 Å². The molecule has 0 spiro atoms. The average Bonchev–Trinajstić information content (AvgIpc) is 3.31. The maximum Gasteiger partial charge on any atom is 0.470 e. The molecule has 0 unspecified atom stereocenters. The molecule has 0 fully saturated rings. The van der Waals surface area contributed by atoms with Gasteiger partial charge in [0.25, 0.3) is 0 Å². The van der Waals surface area contributed by atoms with Crippen molar-refractivity contribution >= 4 is 17.0 Å². The standard InChI is InChI=1S/C20H15F3N4OS/c1-27-16(13-7-3-2-4-8-13)12-29-19(27)24-15-10-6-5-9-14(15)11-17-25-26-18(28-17)20(21,22)23/h2-10,12H,11H2,1H3. The molecule has 2 heterocycles. The van der Waals surface area contributed by atoms with E-state index < -0.39 is 12.1 Å². The summed E-state index contributed by atoms with van der Waals surface area (Å²) in [6, 6.07) is 17.1. The quantitative estimate of drug-likeness (QED) is 0.472. The van der Waals surface area contributed by atoms with E-state index in [4.69, 9.17) is 9.41 Å². The highest BCUT2D eigenvalue weighted by Crippen LogP contribution is 2.29. The first-order chi connectivity index (χ1) is 13.9. The summed E-state index contributed by atoms with van der Waals surface area (Å²) in [6.07, 6.45) is -4.60. The van der Waals surface area contributed by atoms with E-state index >= 15 is 0 Å². The minimum Gasteiger partial charge on any atom is -0.417 e. The van der Waals surface area contributed by atoms with Crippen LogP contribution in [-0.4, -0.2) is 14.8 Å². The van der Waals surface area contributed by atoms with Crippen molar-refractivity contribution in [3.05, 3.63) is 82.1 Å². The first-order valence-corrected chi connectivity index (χ1v) is 9.52. The van der Waals surface area contributed by atoms with Crippen LogP contribution in [0.3, 0.4) is 0 Å². The van der Waals surface area contributed by atoms with E-state index in [0.29, 0.717) is 11.3 Å². The molecular weight excluding hydrogens is 401 g/mol. The second-order valence-corrected chi connectivity index (χ2v) is 7.08. The van der Waals surface area contributed by atoms with Crippen LogP contribution in [0, 0.1) is 0 Å². The lowest BCUT2D eigenvalue weighted by Crippen LogP contribution is -2.11. The molecule has 0 saturated carbocycles. The van der Waals surface area contributed by atoms with Gasteiger partial charge in [-0.1, -0.05) is 48.5 Å². The van der Waals surface area contributed by atoms with Crippen LogP contribution in [0.5, 0.6) is 0 Å². The van der Waals surface area contributed by atoms with Crippen molar-refractivity contribution in [2.45, 2.75) is 12.6 Å². The second kappa shape index (κ2) is 7.67. The Balaban J connectivity index is 1.68. The SMILES string of the molecule is Cn1c(-c2ccccc2)csc1=Nc1ccccc1Cc1nnc(C(F)(F)F)o1. The molecule has 0 aliphatic rings. The van der Waals surface area contributed by atoms with E-state index in [1.54, 1.807) is 18.2 Å². The second-order valence-electron chi connectivity index (χ2n) is 6.24. The van der Waals surface area contributed by atoms with Gasteiger partial charge < -0.3 is 8.98 Å². The minimum absolute atomic E-state index is 0.0589. The van der Waals surface area contributed by atoms with Crippen LogP contribution < -0.4 is 4.80 Å². The Labute approximate surface area is 167 Å². The van der Waals surface area contributed by atoms with E-state index in [1.165, 1.54) is 11.3 Å². The van der Waals surface area contributed by atoms with Crippen LogP contribution in [0.25, 0.3) is 11.3 Å². The predicted molar refractivity (Wildman–Crippen MR) is 102 cm³/mol. The Bertz CT molecular complexity index is 1190. The number of alkyl halides is 3. The van der Waals surface area contributed by atoms with E-state index in [1.807, 2.05) is 53.4 Å². The normalized spacial score (nSPS) is 12.5. The average molecular weight is 416 g/mol. The summed E-state index contributed by atoms with van der Waals surface area (Å²) in [7, 11) is 1.92. The lowest BCUT2D eigenvalue weighted by atomic mass is 10.1. The zero-order valence-electron chi connectivity index (χ0n) is 15.2. The number of nitrogens with zero attached hydrogens (tertiary/aromatic N) is 4. The highest BCUT2D eigenvalue weighted by Gasteiger charge is 2.38. The van der Waals surface area contributed by atoms with Crippen molar-refractivity contribution in [1.82, 2.24) is 14.8 Å². The summed E-state index contributed by atoms with van der Waals surface area (Å²) in [6.45, 7) is 0. The van der Waals surface area contributed by atoms with Gasteiger partial charge in [-0.25, -0.2) is 4.99 Å². The fourth-order valence-corrected chi connectivity index (χ4v) is 3.74. The summed E-state index contributed by atoms with van der Waals surface area (Å²) < 4.78 is 44.8. The number of aromatic nitrogens is 3. The van der Waals surface area contributed by atoms with Gasteiger partial charge >= 0.3 is 12.1 Å². The highest BCUT2D eigenvalue weighted by molar-refractivity contribution is 7.07. The van der Waals surface area contributed by atoms with Gasteiger partial charge in [-0.2, -0.15) is 13.2 Å². The largest absolute Gasteiger partial charge is 0.470 e. The Hall–Kier alpha value is -3.20. The van der Waals surface area contributed by atoms with E-state index in [2.05, 4.69) is 10.2 Å². The molecule has 0 aliphatic carbocycles. The number of hydrogen-bond donors (Lipinski definition) is 0. The topological polar surface area (TPSA) is 56.2 Å². The maximum absolute atomic E-state index is 12.7. The van der Waals surface area contributed by atoms with Gasteiger partial charge in [0.15, 0.2) is 4.80 Å². The van der Waals surface area contributed by atoms with Crippen molar-refractivity contribution in [2.75, 3.05) is 0 Å². The summed E-state index contributed by atoms with van der Waals surface area (Å²) >= 11 is 1.48. The molecule has 0 aliphatic heterocycles. The Morgan fingerprint density at radius 1 is 1.03 bits per heavy atom. The number of halogens is 3. The summed E-state index contributed by atoms with van der Waals surface area (Å²) in [5.74, 6) is -1.46. The lowest BCUT2D eigenvalue weighted by molar-refractivity contribution is -0.157. The van der Waals surface area contributed by atoms with Crippen molar-refractivity contribution < 1.29 is 17.6 Å². The first-order valence-electron chi connectivity index (χ1n) is 8.64. The summed E-state index contributed by atoms with van der Waals surface area (Å²) in [4.78, 5) is 5.47. The van der Waals surface area contributed by atoms with Crippen LogP contribution in [-0.2, 0) is 19.6 Å². The lowest BCUT2D eigenvalue weighted by Gasteiger charge is -2.04.